The van der Waals surface area contributed by atoms with Gasteiger partial charge in [-0.2, -0.15) is 0 Å². The molecule has 0 spiro atoms. The predicted octanol–water partition coefficient (Wildman–Crippen LogP) is 3.73. The third-order valence-corrected chi connectivity index (χ3v) is 5.43. The van der Waals surface area contributed by atoms with E-state index in [4.69, 9.17) is 16.7 Å². The molecule has 0 bridgehead atoms. The Morgan fingerprint density at radius 2 is 1.97 bits per heavy atom. The number of amides is 2. The number of rotatable bonds is 7. The number of hydrogen-bond donors (Lipinski definition) is 2. The molecule has 2 aromatic rings. The first-order valence-electron chi connectivity index (χ1n) is 10.2. The number of fused-ring (bicyclic) bond motifs is 1. The molecule has 0 fully saturated rings. The van der Waals surface area contributed by atoms with Gasteiger partial charge in [0.25, 0.3) is 5.91 Å². The highest BCUT2D eigenvalue weighted by molar-refractivity contribution is 6.17. The van der Waals surface area contributed by atoms with Gasteiger partial charge in [-0.15, -0.1) is 11.6 Å². The summed E-state index contributed by atoms with van der Waals surface area (Å²) in [5.74, 6) is -2.40. The number of carboxylic acids is 1. The van der Waals surface area contributed by atoms with E-state index in [1.165, 1.54) is 23.2 Å². The van der Waals surface area contributed by atoms with Crippen molar-refractivity contribution < 1.29 is 23.9 Å². The van der Waals surface area contributed by atoms with Crippen LogP contribution in [-0.4, -0.2) is 44.4 Å². The Kier molecular flexibility index (Phi) is 6.83. The largest absolute Gasteiger partial charge is 0.481 e. The molecular formula is C23H25ClFN3O4. The summed E-state index contributed by atoms with van der Waals surface area (Å²) in [6.07, 6.45) is 1.16. The summed E-state index contributed by atoms with van der Waals surface area (Å²) in [7, 11) is 0. The molecule has 0 saturated carbocycles. The molecule has 1 atom stereocenters. The van der Waals surface area contributed by atoms with Crippen molar-refractivity contribution >= 4 is 29.4 Å². The van der Waals surface area contributed by atoms with Gasteiger partial charge in [0.15, 0.2) is 0 Å². The second kappa shape index (κ2) is 9.24. The van der Waals surface area contributed by atoms with Gasteiger partial charge in [0, 0.05) is 40.7 Å². The molecule has 1 aliphatic rings. The third-order valence-electron chi connectivity index (χ3n) is 5.13. The topological polar surface area (TPSA) is 99.6 Å². The Bertz CT molecular complexity index is 1070. The summed E-state index contributed by atoms with van der Waals surface area (Å²) in [5, 5.41) is 11.9. The number of halogens is 2. The number of carbonyl (C=O) groups excluding carboxylic acids is 2. The summed E-state index contributed by atoms with van der Waals surface area (Å²) in [5.41, 5.74) is 1.14. The number of nitrogens with one attached hydrogen (secondary N) is 1. The summed E-state index contributed by atoms with van der Waals surface area (Å²) >= 11 is 5.87. The molecule has 32 heavy (non-hydrogen) atoms. The van der Waals surface area contributed by atoms with Crippen molar-refractivity contribution in [2.45, 2.75) is 57.6 Å². The van der Waals surface area contributed by atoms with E-state index >= 15 is 4.39 Å². The lowest BCUT2D eigenvalue weighted by Gasteiger charge is -2.30. The normalized spacial score (nSPS) is 14.3. The highest BCUT2D eigenvalue weighted by atomic mass is 35.5. The zero-order valence-corrected chi connectivity index (χ0v) is 18.9. The van der Waals surface area contributed by atoms with Crippen LogP contribution in [0, 0.1) is 5.82 Å². The standard InChI is InChI=1S/C23H25ClFN3O4/c1-23(2,3)27-21(31)18(6-7-19(29)30)28-12-16-14(22(28)32)4-5-15(20(16)25)17-10-13(11-24)8-9-26-17/h4-5,8-10,18H,6-7,11-12H2,1-3H3,(H,27,31)(H,29,30). The number of carboxylic acid groups (broad SMARTS) is 1. The molecule has 3 rings (SSSR count). The molecule has 170 valence electrons. The lowest BCUT2D eigenvalue weighted by Crippen LogP contribution is -2.52. The maximum Gasteiger partial charge on any atom is 0.303 e. The molecule has 7 nitrogen and oxygen atoms in total. The lowest BCUT2D eigenvalue weighted by molar-refractivity contribution is -0.137. The zero-order chi connectivity index (χ0) is 23.6. The SMILES string of the molecule is CC(C)(C)NC(=O)C(CCC(=O)O)N1Cc2c(ccc(-c3cc(CCl)ccn3)c2F)C1=O. The molecule has 2 N–H and O–H groups in total. The molecule has 0 saturated heterocycles. The minimum Gasteiger partial charge on any atom is -0.481 e. The first kappa shape index (κ1) is 23.7. The van der Waals surface area contributed by atoms with Crippen molar-refractivity contribution in [2.24, 2.45) is 0 Å². The van der Waals surface area contributed by atoms with Crippen LogP contribution in [0.3, 0.4) is 0 Å². The van der Waals surface area contributed by atoms with Gasteiger partial charge < -0.3 is 15.3 Å². The van der Waals surface area contributed by atoms with Crippen molar-refractivity contribution in [2.75, 3.05) is 0 Å². The lowest BCUT2D eigenvalue weighted by atomic mass is 10.0. The van der Waals surface area contributed by atoms with Gasteiger partial charge in [-0.1, -0.05) is 0 Å². The smallest absolute Gasteiger partial charge is 0.303 e. The van der Waals surface area contributed by atoms with E-state index in [9.17, 15) is 14.4 Å². The van der Waals surface area contributed by atoms with Crippen LogP contribution in [0.2, 0.25) is 0 Å². The average molecular weight is 462 g/mol. The van der Waals surface area contributed by atoms with Crippen LogP contribution in [0.25, 0.3) is 11.3 Å². The third kappa shape index (κ3) is 5.07. The Labute approximate surface area is 190 Å². The number of nitrogens with zero attached hydrogens (tertiary/aromatic N) is 2. The number of benzene rings is 1. The number of pyridine rings is 1. The molecule has 0 aliphatic carbocycles. The Balaban J connectivity index is 1.95. The van der Waals surface area contributed by atoms with E-state index in [1.807, 2.05) is 0 Å². The van der Waals surface area contributed by atoms with Gasteiger partial charge in [0.05, 0.1) is 12.2 Å². The fourth-order valence-corrected chi connectivity index (χ4v) is 3.84. The fourth-order valence-electron chi connectivity index (χ4n) is 3.67. The van der Waals surface area contributed by atoms with Gasteiger partial charge in [-0.3, -0.25) is 19.4 Å². The minimum absolute atomic E-state index is 0.0786. The highest BCUT2D eigenvalue weighted by Gasteiger charge is 2.39. The second-order valence-corrected chi connectivity index (χ2v) is 9.02. The van der Waals surface area contributed by atoms with Crippen LogP contribution in [0.15, 0.2) is 30.5 Å². The van der Waals surface area contributed by atoms with Crippen LogP contribution in [0.4, 0.5) is 4.39 Å². The van der Waals surface area contributed by atoms with Crippen molar-refractivity contribution in [1.82, 2.24) is 15.2 Å². The van der Waals surface area contributed by atoms with Crippen LogP contribution in [-0.2, 0) is 22.0 Å². The number of aromatic nitrogens is 1. The first-order valence-corrected chi connectivity index (χ1v) is 10.7. The Hall–Kier alpha value is -3.00. The summed E-state index contributed by atoms with van der Waals surface area (Å²) in [4.78, 5) is 42.5. The molecule has 1 aliphatic heterocycles. The predicted molar refractivity (Wildman–Crippen MR) is 118 cm³/mol. The van der Waals surface area contributed by atoms with Crippen molar-refractivity contribution in [3.05, 3.63) is 53.0 Å². The fraction of sp³-hybridized carbons (Fsp3) is 0.391. The van der Waals surface area contributed by atoms with Gasteiger partial charge in [-0.25, -0.2) is 4.39 Å². The van der Waals surface area contributed by atoms with Crippen LogP contribution < -0.4 is 5.32 Å². The van der Waals surface area contributed by atoms with E-state index in [1.54, 1.807) is 32.9 Å². The van der Waals surface area contributed by atoms with Crippen LogP contribution in [0.5, 0.6) is 0 Å². The van der Waals surface area contributed by atoms with E-state index < -0.39 is 35.2 Å². The van der Waals surface area contributed by atoms with Gasteiger partial charge >= 0.3 is 5.97 Å². The highest BCUT2D eigenvalue weighted by Crippen LogP contribution is 2.33. The maximum atomic E-state index is 15.4. The van der Waals surface area contributed by atoms with Gasteiger partial charge in [0.1, 0.15) is 11.9 Å². The molecule has 1 unspecified atom stereocenters. The monoisotopic (exact) mass is 461 g/mol. The maximum absolute atomic E-state index is 15.4. The van der Waals surface area contributed by atoms with E-state index in [0.717, 1.165) is 5.56 Å². The number of hydrogen-bond acceptors (Lipinski definition) is 4. The van der Waals surface area contributed by atoms with Crippen LogP contribution in [0.1, 0.15) is 55.1 Å². The second-order valence-electron chi connectivity index (χ2n) is 8.76. The van der Waals surface area contributed by atoms with E-state index in [0.29, 0.717) is 5.69 Å². The summed E-state index contributed by atoms with van der Waals surface area (Å²) in [6.45, 7) is 5.22. The Morgan fingerprint density at radius 3 is 2.59 bits per heavy atom. The minimum atomic E-state index is -1.08. The number of carbonyl (C=O) groups is 3. The quantitative estimate of drug-likeness (QED) is 0.612. The Morgan fingerprint density at radius 1 is 1.28 bits per heavy atom. The van der Waals surface area contributed by atoms with Crippen LogP contribution >= 0.6 is 11.6 Å². The van der Waals surface area contributed by atoms with Crippen molar-refractivity contribution in [1.29, 1.82) is 0 Å². The van der Waals surface area contributed by atoms with E-state index in [2.05, 4.69) is 10.3 Å². The van der Waals surface area contributed by atoms with Crippen molar-refractivity contribution in [3.8, 4) is 11.3 Å². The van der Waals surface area contributed by atoms with Gasteiger partial charge in [0.2, 0.25) is 5.91 Å². The van der Waals surface area contributed by atoms with Crippen molar-refractivity contribution in [3.63, 3.8) is 0 Å². The molecule has 2 heterocycles. The molecule has 0 radical (unpaired) electrons. The van der Waals surface area contributed by atoms with E-state index in [-0.39, 0.29) is 42.0 Å². The zero-order valence-electron chi connectivity index (χ0n) is 18.1. The van der Waals surface area contributed by atoms with Gasteiger partial charge in [-0.05, 0) is 57.0 Å². The summed E-state index contributed by atoms with van der Waals surface area (Å²) in [6, 6.07) is 5.37. The molecular weight excluding hydrogens is 437 g/mol. The molecule has 1 aromatic heterocycles. The number of aliphatic carboxylic acids is 1. The average Bonchev–Trinajstić information content (AvgIpc) is 3.04. The molecule has 9 heteroatoms. The first-order chi connectivity index (χ1) is 15.0. The number of alkyl halides is 1. The molecule has 2 amide bonds. The summed E-state index contributed by atoms with van der Waals surface area (Å²) < 4.78 is 15.4. The molecule has 1 aromatic carbocycles.